The fourth-order valence-electron chi connectivity index (χ4n) is 1.12. The fraction of sp³-hybridized carbons (Fsp3) is 0.375. The number of aromatic amines is 1. The second-order valence-corrected chi connectivity index (χ2v) is 2.77. The SMILES string of the molecule is COc1c(C)nc(CC(N)=O)[nH]c1=O. The Balaban J connectivity index is 3.14. The number of H-pyrrole nitrogens is 1. The molecule has 1 amide bonds. The number of carbonyl (C=O) groups is 1. The quantitative estimate of drug-likeness (QED) is 0.657. The van der Waals surface area contributed by atoms with Gasteiger partial charge in [0.15, 0.2) is 0 Å². The van der Waals surface area contributed by atoms with Crippen LogP contribution in [0.4, 0.5) is 0 Å². The lowest BCUT2D eigenvalue weighted by Gasteiger charge is -2.04. The average molecular weight is 197 g/mol. The van der Waals surface area contributed by atoms with Crippen molar-refractivity contribution in [2.45, 2.75) is 13.3 Å². The molecule has 0 bridgehead atoms. The number of carbonyl (C=O) groups excluding carboxylic acids is 1. The minimum Gasteiger partial charge on any atom is -0.490 e. The van der Waals surface area contributed by atoms with E-state index < -0.39 is 11.5 Å². The average Bonchev–Trinajstić information content (AvgIpc) is 2.01. The van der Waals surface area contributed by atoms with Crippen LogP contribution in [0.2, 0.25) is 0 Å². The number of aryl methyl sites for hydroxylation is 1. The predicted octanol–water partition coefficient (Wildman–Crippen LogP) is -0.885. The summed E-state index contributed by atoms with van der Waals surface area (Å²) in [4.78, 5) is 28.2. The molecule has 0 aliphatic rings. The van der Waals surface area contributed by atoms with Gasteiger partial charge in [0.05, 0.1) is 19.2 Å². The molecule has 0 atom stereocenters. The van der Waals surface area contributed by atoms with Gasteiger partial charge in [-0.25, -0.2) is 4.98 Å². The predicted molar refractivity (Wildman–Crippen MR) is 49.0 cm³/mol. The monoisotopic (exact) mass is 197 g/mol. The van der Waals surface area contributed by atoms with Gasteiger partial charge in [-0.1, -0.05) is 0 Å². The van der Waals surface area contributed by atoms with Crippen LogP contribution in [0, 0.1) is 6.92 Å². The van der Waals surface area contributed by atoms with Crippen molar-refractivity contribution in [1.82, 2.24) is 9.97 Å². The Morgan fingerprint density at radius 1 is 1.64 bits per heavy atom. The Kier molecular flexibility index (Phi) is 2.85. The van der Waals surface area contributed by atoms with Gasteiger partial charge in [-0.2, -0.15) is 0 Å². The number of amides is 1. The van der Waals surface area contributed by atoms with Crippen molar-refractivity contribution in [3.63, 3.8) is 0 Å². The summed E-state index contributed by atoms with van der Waals surface area (Å²) < 4.78 is 4.81. The third-order valence-corrected chi connectivity index (χ3v) is 1.64. The molecule has 0 fully saturated rings. The summed E-state index contributed by atoms with van der Waals surface area (Å²) in [5.41, 5.74) is 4.99. The van der Waals surface area contributed by atoms with E-state index >= 15 is 0 Å². The molecule has 0 saturated heterocycles. The Morgan fingerprint density at radius 3 is 2.71 bits per heavy atom. The Labute approximate surface area is 80.1 Å². The lowest BCUT2D eigenvalue weighted by Crippen LogP contribution is -2.21. The Bertz CT molecular complexity index is 411. The summed E-state index contributed by atoms with van der Waals surface area (Å²) in [7, 11) is 1.38. The molecule has 0 saturated carbocycles. The highest BCUT2D eigenvalue weighted by Gasteiger charge is 2.09. The van der Waals surface area contributed by atoms with Crippen LogP contribution < -0.4 is 16.0 Å². The molecule has 0 unspecified atom stereocenters. The number of nitrogens with one attached hydrogen (secondary N) is 1. The van der Waals surface area contributed by atoms with Crippen LogP contribution >= 0.6 is 0 Å². The van der Waals surface area contributed by atoms with Gasteiger partial charge in [0.2, 0.25) is 11.7 Å². The van der Waals surface area contributed by atoms with Crippen LogP contribution in [0.25, 0.3) is 0 Å². The van der Waals surface area contributed by atoms with E-state index in [9.17, 15) is 9.59 Å². The van der Waals surface area contributed by atoms with Crippen molar-refractivity contribution < 1.29 is 9.53 Å². The van der Waals surface area contributed by atoms with Gasteiger partial charge in [-0.3, -0.25) is 9.59 Å². The zero-order valence-corrected chi connectivity index (χ0v) is 7.96. The minimum atomic E-state index is -0.544. The molecule has 1 heterocycles. The highest BCUT2D eigenvalue weighted by atomic mass is 16.5. The molecule has 0 aliphatic heterocycles. The van der Waals surface area contributed by atoms with Crippen LogP contribution in [0.3, 0.4) is 0 Å². The first kappa shape index (κ1) is 10.2. The van der Waals surface area contributed by atoms with Crippen molar-refractivity contribution in [1.29, 1.82) is 0 Å². The molecular formula is C8H11N3O3. The summed E-state index contributed by atoms with van der Waals surface area (Å²) in [5.74, 6) is -0.142. The zero-order chi connectivity index (χ0) is 10.7. The first-order chi connectivity index (χ1) is 6.54. The van der Waals surface area contributed by atoms with Crippen LogP contribution in [-0.2, 0) is 11.2 Å². The molecule has 0 aromatic carbocycles. The zero-order valence-electron chi connectivity index (χ0n) is 7.96. The second kappa shape index (κ2) is 3.91. The van der Waals surface area contributed by atoms with E-state index in [4.69, 9.17) is 10.5 Å². The van der Waals surface area contributed by atoms with E-state index in [2.05, 4.69) is 9.97 Å². The van der Waals surface area contributed by atoms with Crippen molar-refractivity contribution in [3.8, 4) is 5.75 Å². The summed E-state index contributed by atoms with van der Waals surface area (Å²) in [6.07, 6.45) is -0.0833. The largest absolute Gasteiger partial charge is 0.490 e. The molecule has 0 radical (unpaired) electrons. The summed E-state index contributed by atoms with van der Waals surface area (Å²) >= 11 is 0. The molecular weight excluding hydrogens is 186 g/mol. The molecule has 0 aliphatic carbocycles. The number of hydrogen-bond acceptors (Lipinski definition) is 4. The number of primary amides is 1. The number of methoxy groups -OCH3 is 1. The maximum atomic E-state index is 11.3. The van der Waals surface area contributed by atoms with Gasteiger partial charge in [-0.15, -0.1) is 0 Å². The maximum Gasteiger partial charge on any atom is 0.293 e. The van der Waals surface area contributed by atoms with Gasteiger partial charge >= 0.3 is 0 Å². The first-order valence-electron chi connectivity index (χ1n) is 3.96. The van der Waals surface area contributed by atoms with Gasteiger partial charge in [-0.05, 0) is 6.92 Å². The van der Waals surface area contributed by atoms with E-state index in [1.807, 2.05) is 0 Å². The molecule has 6 nitrogen and oxygen atoms in total. The van der Waals surface area contributed by atoms with Crippen LogP contribution in [0.15, 0.2) is 4.79 Å². The van der Waals surface area contributed by atoms with Crippen molar-refractivity contribution >= 4 is 5.91 Å². The maximum absolute atomic E-state index is 11.3. The summed E-state index contributed by atoms with van der Waals surface area (Å²) in [6, 6.07) is 0. The van der Waals surface area contributed by atoms with Crippen molar-refractivity contribution in [2.24, 2.45) is 5.73 Å². The van der Waals surface area contributed by atoms with E-state index in [-0.39, 0.29) is 18.0 Å². The third-order valence-electron chi connectivity index (χ3n) is 1.64. The number of nitrogens with zero attached hydrogens (tertiary/aromatic N) is 1. The number of aromatic nitrogens is 2. The minimum absolute atomic E-state index is 0.0833. The lowest BCUT2D eigenvalue weighted by molar-refractivity contribution is -0.117. The number of nitrogens with two attached hydrogens (primary N) is 1. The van der Waals surface area contributed by atoms with Crippen LogP contribution in [0.5, 0.6) is 5.75 Å². The molecule has 1 aromatic heterocycles. The number of rotatable bonds is 3. The van der Waals surface area contributed by atoms with Gasteiger partial charge in [0.1, 0.15) is 5.82 Å². The van der Waals surface area contributed by atoms with E-state index in [0.29, 0.717) is 5.69 Å². The van der Waals surface area contributed by atoms with Gasteiger partial charge in [0.25, 0.3) is 5.56 Å². The van der Waals surface area contributed by atoms with Crippen LogP contribution in [-0.4, -0.2) is 23.0 Å². The molecule has 1 aromatic rings. The second-order valence-electron chi connectivity index (χ2n) is 2.77. The standard InChI is InChI=1S/C8H11N3O3/c1-4-7(14-2)8(13)11-6(10-4)3-5(9)12/h3H2,1-2H3,(H2,9,12)(H,10,11,13). The van der Waals surface area contributed by atoms with Crippen molar-refractivity contribution in [2.75, 3.05) is 7.11 Å². The molecule has 3 N–H and O–H groups in total. The van der Waals surface area contributed by atoms with Crippen molar-refractivity contribution in [3.05, 3.63) is 21.9 Å². The topological polar surface area (TPSA) is 98.1 Å². The highest BCUT2D eigenvalue weighted by molar-refractivity contribution is 5.75. The summed E-state index contributed by atoms with van der Waals surface area (Å²) in [6.45, 7) is 1.62. The Morgan fingerprint density at radius 2 is 2.29 bits per heavy atom. The molecule has 6 heteroatoms. The number of hydrogen-bond donors (Lipinski definition) is 2. The normalized spacial score (nSPS) is 9.86. The Hall–Kier alpha value is -1.85. The first-order valence-corrected chi connectivity index (χ1v) is 3.96. The molecule has 76 valence electrons. The molecule has 0 spiro atoms. The lowest BCUT2D eigenvalue weighted by atomic mass is 10.3. The highest BCUT2D eigenvalue weighted by Crippen LogP contribution is 2.06. The van der Waals surface area contributed by atoms with E-state index in [1.54, 1.807) is 6.92 Å². The molecule has 14 heavy (non-hydrogen) atoms. The van der Waals surface area contributed by atoms with E-state index in [0.717, 1.165) is 0 Å². The smallest absolute Gasteiger partial charge is 0.293 e. The van der Waals surface area contributed by atoms with Gasteiger partial charge < -0.3 is 15.5 Å². The van der Waals surface area contributed by atoms with Crippen LogP contribution in [0.1, 0.15) is 11.5 Å². The fourth-order valence-corrected chi connectivity index (χ4v) is 1.12. The number of ether oxygens (including phenoxy) is 1. The molecule has 1 rings (SSSR count). The third kappa shape index (κ3) is 2.09. The van der Waals surface area contributed by atoms with E-state index in [1.165, 1.54) is 7.11 Å². The van der Waals surface area contributed by atoms with Gasteiger partial charge in [0, 0.05) is 0 Å². The summed E-state index contributed by atoms with van der Waals surface area (Å²) in [5, 5.41) is 0.